The molecule has 0 aromatic carbocycles. The molecule has 14 heavy (non-hydrogen) atoms. The molecule has 2 N–H and O–H groups in total. The van der Waals surface area contributed by atoms with E-state index in [1.165, 1.54) is 18.4 Å². The zero-order valence-electron chi connectivity index (χ0n) is 8.90. The Morgan fingerprint density at radius 3 is 2.79 bits per heavy atom. The Balaban J connectivity index is 1.98. The summed E-state index contributed by atoms with van der Waals surface area (Å²) in [5, 5.41) is 4.16. The van der Waals surface area contributed by atoms with Crippen molar-refractivity contribution in [3.05, 3.63) is 18.0 Å². The maximum Gasteiger partial charge on any atom is 0.0534 e. The zero-order valence-corrected chi connectivity index (χ0v) is 8.90. The van der Waals surface area contributed by atoms with Gasteiger partial charge >= 0.3 is 0 Å². The lowest BCUT2D eigenvalue weighted by atomic mass is 10.2. The normalized spacial score (nSPS) is 18.9. The molecule has 0 radical (unpaired) electrons. The molecule has 1 fully saturated rings. The predicted molar refractivity (Wildman–Crippen MR) is 55.7 cm³/mol. The van der Waals surface area contributed by atoms with Gasteiger partial charge in [-0.2, -0.15) is 5.10 Å². The Bertz CT molecular complexity index is 314. The Morgan fingerprint density at radius 2 is 2.36 bits per heavy atom. The number of hydrogen-bond donors (Lipinski definition) is 1. The number of hydrogen-bond acceptors (Lipinski definition) is 3. The molecule has 0 aliphatic heterocycles. The largest absolute Gasteiger partial charge is 0.329 e. The van der Waals surface area contributed by atoms with Gasteiger partial charge in [0.1, 0.15) is 0 Å². The third-order valence-corrected chi connectivity index (χ3v) is 3.19. The van der Waals surface area contributed by atoms with E-state index in [4.69, 9.17) is 5.73 Å². The van der Waals surface area contributed by atoms with Crippen LogP contribution in [0.25, 0.3) is 0 Å². The zero-order chi connectivity index (χ0) is 10.2. The molecule has 1 saturated carbocycles. The number of aromatic nitrogens is 2. The number of aryl methyl sites for hydroxylation is 1. The van der Waals surface area contributed by atoms with Crippen LogP contribution in [0.1, 0.15) is 18.4 Å². The Labute approximate surface area is 84.7 Å². The highest BCUT2D eigenvalue weighted by atomic mass is 15.3. The summed E-state index contributed by atoms with van der Waals surface area (Å²) < 4.78 is 1.84. The SMILES string of the molecule is CN(Cc1cnn(C)c1)C1(CN)CC1. The van der Waals surface area contributed by atoms with Crippen molar-refractivity contribution < 1.29 is 0 Å². The fourth-order valence-electron chi connectivity index (χ4n) is 1.88. The van der Waals surface area contributed by atoms with E-state index < -0.39 is 0 Å². The van der Waals surface area contributed by atoms with Crippen molar-refractivity contribution in [2.75, 3.05) is 13.6 Å². The van der Waals surface area contributed by atoms with E-state index in [0.29, 0.717) is 0 Å². The smallest absolute Gasteiger partial charge is 0.0534 e. The van der Waals surface area contributed by atoms with Crippen LogP contribution >= 0.6 is 0 Å². The maximum atomic E-state index is 5.77. The van der Waals surface area contributed by atoms with Gasteiger partial charge in [-0.05, 0) is 19.9 Å². The summed E-state index contributed by atoms with van der Waals surface area (Å²) in [4.78, 5) is 2.35. The highest BCUT2D eigenvalue weighted by Crippen LogP contribution is 2.40. The summed E-state index contributed by atoms with van der Waals surface area (Å²) >= 11 is 0. The van der Waals surface area contributed by atoms with E-state index in [1.54, 1.807) is 0 Å². The maximum absolute atomic E-state index is 5.77. The Morgan fingerprint density at radius 1 is 1.64 bits per heavy atom. The van der Waals surface area contributed by atoms with Gasteiger partial charge in [0.25, 0.3) is 0 Å². The van der Waals surface area contributed by atoms with E-state index >= 15 is 0 Å². The molecule has 4 nitrogen and oxygen atoms in total. The Kier molecular flexibility index (Phi) is 2.33. The van der Waals surface area contributed by atoms with Gasteiger partial charge in [0.15, 0.2) is 0 Å². The molecule has 2 rings (SSSR count). The third-order valence-electron chi connectivity index (χ3n) is 3.19. The van der Waals surface area contributed by atoms with Crippen LogP contribution in [0.2, 0.25) is 0 Å². The second-order valence-corrected chi connectivity index (χ2v) is 4.31. The molecule has 0 saturated heterocycles. The minimum atomic E-state index is 0.288. The van der Waals surface area contributed by atoms with Gasteiger partial charge in [0, 0.05) is 37.4 Å². The molecular weight excluding hydrogens is 176 g/mol. The first-order valence-electron chi connectivity index (χ1n) is 5.05. The van der Waals surface area contributed by atoms with Gasteiger partial charge in [-0.15, -0.1) is 0 Å². The van der Waals surface area contributed by atoms with Crippen molar-refractivity contribution >= 4 is 0 Å². The van der Waals surface area contributed by atoms with Crippen molar-refractivity contribution in [1.29, 1.82) is 0 Å². The lowest BCUT2D eigenvalue weighted by Crippen LogP contribution is -2.39. The van der Waals surface area contributed by atoms with Gasteiger partial charge in [-0.3, -0.25) is 9.58 Å². The lowest BCUT2D eigenvalue weighted by Gasteiger charge is -2.25. The first kappa shape index (κ1) is 9.68. The van der Waals surface area contributed by atoms with Crippen LogP contribution in [0.5, 0.6) is 0 Å². The van der Waals surface area contributed by atoms with Crippen LogP contribution in [-0.4, -0.2) is 33.8 Å². The second-order valence-electron chi connectivity index (χ2n) is 4.31. The fourth-order valence-corrected chi connectivity index (χ4v) is 1.88. The van der Waals surface area contributed by atoms with Crippen LogP contribution in [0.4, 0.5) is 0 Å². The van der Waals surface area contributed by atoms with Crippen LogP contribution in [0, 0.1) is 0 Å². The summed E-state index contributed by atoms with van der Waals surface area (Å²) in [6.45, 7) is 1.72. The molecule has 0 unspecified atom stereocenters. The first-order valence-corrected chi connectivity index (χ1v) is 5.05. The van der Waals surface area contributed by atoms with Crippen LogP contribution in [0.3, 0.4) is 0 Å². The van der Waals surface area contributed by atoms with Crippen molar-refractivity contribution in [3.63, 3.8) is 0 Å². The van der Waals surface area contributed by atoms with Crippen LogP contribution < -0.4 is 5.73 Å². The minimum Gasteiger partial charge on any atom is -0.329 e. The highest BCUT2D eigenvalue weighted by molar-refractivity contribution is 5.09. The van der Waals surface area contributed by atoms with Gasteiger partial charge in [0.2, 0.25) is 0 Å². The van der Waals surface area contributed by atoms with Crippen LogP contribution in [-0.2, 0) is 13.6 Å². The topological polar surface area (TPSA) is 47.1 Å². The molecule has 4 heteroatoms. The first-order chi connectivity index (χ1) is 6.66. The molecule has 1 aromatic heterocycles. The highest BCUT2D eigenvalue weighted by Gasteiger charge is 2.44. The minimum absolute atomic E-state index is 0.288. The number of nitrogens with zero attached hydrogens (tertiary/aromatic N) is 3. The molecule has 0 atom stereocenters. The average molecular weight is 194 g/mol. The summed E-state index contributed by atoms with van der Waals surface area (Å²) in [5.74, 6) is 0. The van der Waals surface area contributed by atoms with Gasteiger partial charge in [-0.1, -0.05) is 0 Å². The van der Waals surface area contributed by atoms with Crippen LogP contribution in [0.15, 0.2) is 12.4 Å². The molecule has 1 aliphatic carbocycles. The summed E-state index contributed by atoms with van der Waals surface area (Å²) in [7, 11) is 4.09. The van der Waals surface area contributed by atoms with E-state index in [9.17, 15) is 0 Å². The summed E-state index contributed by atoms with van der Waals surface area (Å²) in [5.41, 5.74) is 7.31. The van der Waals surface area contributed by atoms with E-state index in [-0.39, 0.29) is 5.54 Å². The van der Waals surface area contributed by atoms with Gasteiger partial charge in [-0.25, -0.2) is 0 Å². The second kappa shape index (κ2) is 3.37. The molecule has 0 amide bonds. The van der Waals surface area contributed by atoms with E-state index in [1.807, 2.05) is 17.9 Å². The summed E-state index contributed by atoms with van der Waals surface area (Å²) in [6.07, 6.45) is 6.45. The number of nitrogens with two attached hydrogens (primary N) is 1. The average Bonchev–Trinajstić information content (AvgIpc) is 2.87. The Hall–Kier alpha value is -0.870. The number of likely N-dealkylation sites (N-methyl/N-ethyl adjacent to an activating group) is 1. The lowest BCUT2D eigenvalue weighted by molar-refractivity contribution is 0.218. The van der Waals surface area contributed by atoms with Crippen molar-refractivity contribution in [2.45, 2.75) is 24.9 Å². The third kappa shape index (κ3) is 1.67. The van der Waals surface area contributed by atoms with Gasteiger partial charge < -0.3 is 5.73 Å². The van der Waals surface area contributed by atoms with E-state index in [2.05, 4.69) is 23.2 Å². The molecule has 1 aliphatic rings. The quantitative estimate of drug-likeness (QED) is 0.752. The predicted octanol–water partition coefficient (Wildman–Crippen LogP) is 0.343. The van der Waals surface area contributed by atoms with E-state index in [0.717, 1.165) is 13.1 Å². The standard InChI is InChI=1S/C10H18N4/c1-13(10(8-11)3-4-10)6-9-5-12-14(2)7-9/h5,7H,3-4,6,8,11H2,1-2H3. The van der Waals surface area contributed by atoms with Crippen molar-refractivity contribution in [3.8, 4) is 0 Å². The molecule has 1 aromatic rings. The molecule has 1 heterocycles. The molecular formula is C10H18N4. The summed E-state index contributed by atoms with van der Waals surface area (Å²) in [6, 6.07) is 0. The molecule has 0 bridgehead atoms. The van der Waals surface area contributed by atoms with Crippen molar-refractivity contribution in [2.24, 2.45) is 12.8 Å². The molecule has 78 valence electrons. The number of rotatable bonds is 4. The molecule has 0 spiro atoms. The van der Waals surface area contributed by atoms with Crippen molar-refractivity contribution in [1.82, 2.24) is 14.7 Å². The monoisotopic (exact) mass is 194 g/mol. The fraction of sp³-hybridized carbons (Fsp3) is 0.700. The van der Waals surface area contributed by atoms with Gasteiger partial charge in [0.05, 0.1) is 6.20 Å².